The molecule has 30 heavy (non-hydrogen) atoms. The molecule has 4 rings (SSSR count). The second kappa shape index (κ2) is 9.06. The van der Waals surface area contributed by atoms with Gasteiger partial charge in [-0.1, -0.05) is 24.3 Å². The first-order valence-corrected chi connectivity index (χ1v) is 11.2. The molecular formula is C24H27NO4S. The Morgan fingerprint density at radius 1 is 1.23 bits per heavy atom. The fourth-order valence-corrected chi connectivity index (χ4v) is 5.49. The number of benzene rings is 2. The van der Waals surface area contributed by atoms with Gasteiger partial charge in [-0.05, 0) is 61.5 Å². The van der Waals surface area contributed by atoms with E-state index in [1.54, 1.807) is 18.4 Å². The number of thiophene rings is 1. The van der Waals surface area contributed by atoms with Crippen molar-refractivity contribution in [3.8, 4) is 11.5 Å². The third-order valence-corrected chi connectivity index (χ3v) is 6.85. The summed E-state index contributed by atoms with van der Waals surface area (Å²) in [6.07, 6.45) is 1.62. The monoisotopic (exact) mass is 425 g/mol. The van der Waals surface area contributed by atoms with E-state index in [-0.39, 0.29) is 12.0 Å². The van der Waals surface area contributed by atoms with E-state index in [9.17, 15) is 9.90 Å². The van der Waals surface area contributed by atoms with Crippen LogP contribution in [0.15, 0.2) is 48.5 Å². The number of carbonyl (C=O) groups is 1. The molecule has 1 aliphatic heterocycles. The average Bonchev–Trinajstić information content (AvgIpc) is 3.18. The molecule has 3 aromatic rings. The molecule has 1 aliphatic rings. The number of piperidine rings is 1. The fourth-order valence-electron chi connectivity index (χ4n) is 4.27. The zero-order valence-corrected chi connectivity index (χ0v) is 18.2. The van der Waals surface area contributed by atoms with Crippen molar-refractivity contribution in [3.05, 3.63) is 59.0 Å². The summed E-state index contributed by atoms with van der Waals surface area (Å²) in [6, 6.07) is 16.6. The Bertz CT molecular complexity index is 998. The summed E-state index contributed by atoms with van der Waals surface area (Å²) in [4.78, 5) is 15.2. The number of ether oxygens (including phenoxy) is 2. The van der Waals surface area contributed by atoms with Crippen LogP contribution in [0.25, 0.3) is 10.1 Å². The SMILES string of the molecule is CCOc1cc(C(c2cc3ccccc3s2)N2CCCC(C(=O)O)C2)ccc1OC. The molecule has 2 aromatic carbocycles. The summed E-state index contributed by atoms with van der Waals surface area (Å²) < 4.78 is 12.5. The lowest BCUT2D eigenvalue weighted by molar-refractivity contribution is -0.143. The number of carboxylic acids is 1. The largest absolute Gasteiger partial charge is 0.493 e. The Labute approximate surface area is 180 Å². The summed E-state index contributed by atoms with van der Waals surface area (Å²) >= 11 is 1.77. The summed E-state index contributed by atoms with van der Waals surface area (Å²) in [6.45, 7) is 3.93. The summed E-state index contributed by atoms with van der Waals surface area (Å²) in [7, 11) is 1.64. The molecule has 5 nitrogen and oxygen atoms in total. The summed E-state index contributed by atoms with van der Waals surface area (Å²) in [5.74, 6) is 0.382. The van der Waals surface area contributed by atoms with Crippen molar-refractivity contribution in [2.45, 2.75) is 25.8 Å². The lowest BCUT2D eigenvalue weighted by Crippen LogP contribution is -2.41. The van der Waals surface area contributed by atoms with Gasteiger partial charge in [0.1, 0.15) is 0 Å². The van der Waals surface area contributed by atoms with Gasteiger partial charge >= 0.3 is 5.97 Å². The number of rotatable bonds is 7. The topological polar surface area (TPSA) is 59.0 Å². The van der Waals surface area contributed by atoms with Gasteiger partial charge in [-0.3, -0.25) is 9.69 Å². The van der Waals surface area contributed by atoms with Crippen LogP contribution in [0.3, 0.4) is 0 Å². The van der Waals surface area contributed by atoms with Crippen molar-refractivity contribution in [2.24, 2.45) is 5.92 Å². The molecule has 2 unspecified atom stereocenters. The standard InChI is InChI=1S/C24H27NO4S/c1-3-29-20-13-17(10-11-19(20)28-2)23(25-12-6-8-18(15-25)24(26)27)22-14-16-7-4-5-9-21(16)30-22/h4-5,7,9-11,13-14,18,23H,3,6,8,12,15H2,1-2H3,(H,26,27). The molecule has 158 valence electrons. The normalized spacial score (nSPS) is 18.3. The van der Waals surface area contributed by atoms with E-state index >= 15 is 0 Å². The van der Waals surface area contributed by atoms with Crippen LogP contribution in [0.1, 0.15) is 36.2 Å². The van der Waals surface area contributed by atoms with E-state index in [0.29, 0.717) is 18.9 Å². The molecule has 1 aromatic heterocycles. The Balaban J connectivity index is 1.79. The van der Waals surface area contributed by atoms with Gasteiger partial charge in [0.25, 0.3) is 0 Å². The van der Waals surface area contributed by atoms with Crippen LogP contribution in [0.5, 0.6) is 11.5 Å². The predicted octanol–water partition coefficient (Wildman–Crippen LogP) is 5.19. The summed E-state index contributed by atoms with van der Waals surface area (Å²) in [5.41, 5.74) is 1.09. The third kappa shape index (κ3) is 4.16. The number of fused-ring (bicyclic) bond motifs is 1. The second-order valence-electron chi connectivity index (χ2n) is 7.60. The highest BCUT2D eigenvalue weighted by Crippen LogP contribution is 2.41. The van der Waals surface area contributed by atoms with Gasteiger partial charge in [0, 0.05) is 16.1 Å². The Kier molecular flexibility index (Phi) is 6.25. The van der Waals surface area contributed by atoms with Gasteiger partial charge in [-0.2, -0.15) is 0 Å². The molecule has 0 radical (unpaired) electrons. The first-order valence-electron chi connectivity index (χ1n) is 10.4. The minimum absolute atomic E-state index is 0.0188. The zero-order valence-electron chi connectivity index (χ0n) is 17.3. The highest BCUT2D eigenvalue weighted by Gasteiger charge is 2.32. The van der Waals surface area contributed by atoms with E-state index in [0.717, 1.165) is 30.7 Å². The van der Waals surface area contributed by atoms with Crippen LogP contribution in [0.4, 0.5) is 0 Å². The van der Waals surface area contributed by atoms with E-state index in [4.69, 9.17) is 9.47 Å². The van der Waals surface area contributed by atoms with Gasteiger partial charge in [0.05, 0.1) is 25.7 Å². The van der Waals surface area contributed by atoms with E-state index in [1.165, 1.54) is 15.0 Å². The van der Waals surface area contributed by atoms with Gasteiger partial charge < -0.3 is 14.6 Å². The molecule has 1 N–H and O–H groups in total. The number of hydrogen-bond donors (Lipinski definition) is 1. The van der Waals surface area contributed by atoms with E-state index < -0.39 is 5.97 Å². The maximum absolute atomic E-state index is 11.7. The Morgan fingerprint density at radius 2 is 2.07 bits per heavy atom. The highest BCUT2D eigenvalue weighted by molar-refractivity contribution is 7.19. The molecule has 2 atom stereocenters. The quantitative estimate of drug-likeness (QED) is 0.564. The third-order valence-electron chi connectivity index (χ3n) is 5.68. The predicted molar refractivity (Wildman–Crippen MR) is 120 cm³/mol. The van der Waals surface area contributed by atoms with Crippen LogP contribution in [0, 0.1) is 5.92 Å². The van der Waals surface area contributed by atoms with Crippen molar-refractivity contribution in [1.29, 1.82) is 0 Å². The van der Waals surface area contributed by atoms with Crippen molar-refractivity contribution >= 4 is 27.4 Å². The van der Waals surface area contributed by atoms with Gasteiger partial charge in [-0.25, -0.2) is 0 Å². The van der Waals surface area contributed by atoms with Crippen LogP contribution < -0.4 is 9.47 Å². The van der Waals surface area contributed by atoms with Gasteiger partial charge in [-0.15, -0.1) is 11.3 Å². The maximum atomic E-state index is 11.7. The lowest BCUT2D eigenvalue weighted by Gasteiger charge is -2.37. The van der Waals surface area contributed by atoms with Crippen LogP contribution in [-0.4, -0.2) is 42.8 Å². The summed E-state index contributed by atoms with van der Waals surface area (Å²) in [5, 5.41) is 10.8. The Morgan fingerprint density at radius 3 is 2.80 bits per heavy atom. The molecule has 1 saturated heterocycles. The van der Waals surface area contributed by atoms with E-state index in [1.807, 2.05) is 19.1 Å². The molecule has 0 aliphatic carbocycles. The molecule has 0 spiro atoms. The molecule has 0 bridgehead atoms. The first-order chi connectivity index (χ1) is 14.6. The van der Waals surface area contributed by atoms with Crippen LogP contribution in [-0.2, 0) is 4.79 Å². The Hall–Kier alpha value is -2.57. The molecule has 0 saturated carbocycles. The van der Waals surface area contributed by atoms with Crippen molar-refractivity contribution in [2.75, 3.05) is 26.8 Å². The highest BCUT2D eigenvalue weighted by atomic mass is 32.1. The molecule has 1 fully saturated rings. The minimum Gasteiger partial charge on any atom is -0.493 e. The van der Waals surface area contributed by atoms with Crippen LogP contribution in [0.2, 0.25) is 0 Å². The molecular weight excluding hydrogens is 398 g/mol. The van der Waals surface area contributed by atoms with Crippen molar-refractivity contribution in [3.63, 3.8) is 0 Å². The number of likely N-dealkylation sites (tertiary alicyclic amines) is 1. The van der Waals surface area contributed by atoms with Crippen LogP contribution >= 0.6 is 11.3 Å². The number of nitrogens with zero attached hydrogens (tertiary/aromatic N) is 1. The number of aliphatic carboxylic acids is 1. The number of hydrogen-bond acceptors (Lipinski definition) is 5. The van der Waals surface area contributed by atoms with Crippen molar-refractivity contribution in [1.82, 2.24) is 4.90 Å². The molecule has 2 heterocycles. The molecule has 0 amide bonds. The average molecular weight is 426 g/mol. The van der Waals surface area contributed by atoms with Gasteiger partial charge in [0.15, 0.2) is 11.5 Å². The smallest absolute Gasteiger partial charge is 0.307 e. The van der Waals surface area contributed by atoms with E-state index in [2.05, 4.69) is 41.3 Å². The fraction of sp³-hybridized carbons (Fsp3) is 0.375. The van der Waals surface area contributed by atoms with Gasteiger partial charge in [0.2, 0.25) is 0 Å². The minimum atomic E-state index is -0.709. The molecule has 6 heteroatoms. The van der Waals surface area contributed by atoms with Crippen molar-refractivity contribution < 1.29 is 19.4 Å². The lowest BCUT2D eigenvalue weighted by atomic mass is 9.94. The first kappa shape index (κ1) is 20.7. The second-order valence-corrected chi connectivity index (χ2v) is 8.72. The number of methoxy groups -OCH3 is 1. The number of carboxylic acid groups (broad SMARTS) is 1. The maximum Gasteiger partial charge on any atom is 0.307 e. The zero-order chi connectivity index (χ0) is 21.1.